The van der Waals surface area contributed by atoms with Crippen LogP contribution in [0.2, 0.25) is 0 Å². The van der Waals surface area contributed by atoms with Crippen molar-refractivity contribution < 1.29 is 19.1 Å². The predicted octanol–water partition coefficient (Wildman–Crippen LogP) is -0.421. The Bertz CT molecular complexity index is 435. The van der Waals surface area contributed by atoms with Gasteiger partial charge in [-0.1, -0.05) is 6.92 Å². The number of nitrogens with two attached hydrogens (primary N) is 1. The number of Topliss-reactive ketones (excluding diaryl/α,β-unsaturated/α-hetero) is 1. The van der Waals surface area contributed by atoms with Gasteiger partial charge in [0.25, 0.3) is 5.91 Å². The van der Waals surface area contributed by atoms with Gasteiger partial charge in [-0.3, -0.25) is 19.3 Å². The Morgan fingerprint density at radius 1 is 1.27 bits per heavy atom. The zero-order valence-electron chi connectivity index (χ0n) is 13.0. The Morgan fingerprint density at radius 3 is 2.55 bits per heavy atom. The fraction of sp³-hybridized carbons (Fsp3) is 0.800. The number of nitrogens with zero attached hydrogens (tertiary/aromatic N) is 1. The van der Waals surface area contributed by atoms with Gasteiger partial charge in [-0.05, 0) is 38.6 Å². The molecule has 0 saturated carbocycles. The number of likely N-dealkylation sites (tertiary alicyclic amines) is 1. The topological polar surface area (TPSA) is 102 Å². The molecule has 2 rings (SSSR count). The van der Waals surface area contributed by atoms with E-state index >= 15 is 0 Å². The van der Waals surface area contributed by atoms with Crippen LogP contribution in [0.1, 0.15) is 39.0 Å². The summed E-state index contributed by atoms with van der Waals surface area (Å²) in [4.78, 5) is 37.9. The molecule has 0 spiro atoms. The summed E-state index contributed by atoms with van der Waals surface area (Å²) in [6.07, 6.45) is 3.41. The van der Waals surface area contributed by atoms with Crippen molar-refractivity contribution >= 4 is 17.6 Å². The summed E-state index contributed by atoms with van der Waals surface area (Å²) in [5.74, 6) is -1.45. The summed E-state index contributed by atoms with van der Waals surface area (Å²) in [5, 5.41) is 2.79. The number of rotatable bonds is 6. The molecule has 2 unspecified atom stereocenters. The van der Waals surface area contributed by atoms with Crippen molar-refractivity contribution in [3.63, 3.8) is 0 Å². The van der Waals surface area contributed by atoms with Gasteiger partial charge in [0.15, 0.2) is 0 Å². The molecule has 0 aromatic carbocycles. The van der Waals surface area contributed by atoms with Crippen LogP contribution in [0.3, 0.4) is 0 Å². The minimum absolute atomic E-state index is 0.00628. The molecule has 3 N–H and O–H groups in total. The molecule has 0 bridgehead atoms. The molecule has 2 atom stereocenters. The van der Waals surface area contributed by atoms with Crippen LogP contribution in [0.4, 0.5) is 0 Å². The Kier molecular flexibility index (Phi) is 5.90. The summed E-state index contributed by atoms with van der Waals surface area (Å²) in [7, 11) is 0. The van der Waals surface area contributed by atoms with Crippen molar-refractivity contribution in [3.05, 3.63) is 0 Å². The highest BCUT2D eigenvalue weighted by atomic mass is 16.5. The first-order valence-corrected chi connectivity index (χ1v) is 8.02. The van der Waals surface area contributed by atoms with Gasteiger partial charge >= 0.3 is 0 Å². The zero-order valence-corrected chi connectivity index (χ0v) is 13.0. The fourth-order valence-corrected chi connectivity index (χ4v) is 3.29. The van der Waals surface area contributed by atoms with Crippen LogP contribution in [0, 0.1) is 0 Å². The van der Waals surface area contributed by atoms with Crippen LogP contribution < -0.4 is 11.1 Å². The number of amides is 2. The Hall–Kier alpha value is -1.47. The predicted molar refractivity (Wildman–Crippen MR) is 80.0 cm³/mol. The lowest BCUT2D eigenvalue weighted by Gasteiger charge is -2.30. The van der Waals surface area contributed by atoms with Crippen molar-refractivity contribution in [1.29, 1.82) is 0 Å². The molecule has 2 aliphatic heterocycles. The van der Waals surface area contributed by atoms with Crippen LogP contribution in [0.5, 0.6) is 0 Å². The average Bonchev–Trinajstić information content (AvgIpc) is 2.98. The smallest absolute Gasteiger partial charge is 0.289 e. The van der Waals surface area contributed by atoms with E-state index in [-0.39, 0.29) is 6.04 Å². The summed E-state index contributed by atoms with van der Waals surface area (Å²) in [6, 6.07) is -1.02. The van der Waals surface area contributed by atoms with Crippen LogP contribution in [0.25, 0.3) is 0 Å². The minimum atomic E-state index is -0.570. The monoisotopic (exact) mass is 311 g/mol. The third-order valence-corrected chi connectivity index (χ3v) is 4.49. The molecule has 2 fully saturated rings. The van der Waals surface area contributed by atoms with Crippen LogP contribution in [-0.4, -0.2) is 60.4 Å². The molecule has 0 radical (unpaired) electrons. The zero-order chi connectivity index (χ0) is 16.1. The first-order chi connectivity index (χ1) is 10.5. The van der Waals surface area contributed by atoms with E-state index in [0.29, 0.717) is 32.6 Å². The van der Waals surface area contributed by atoms with Crippen LogP contribution in [0.15, 0.2) is 0 Å². The van der Waals surface area contributed by atoms with E-state index in [0.717, 1.165) is 19.3 Å². The summed E-state index contributed by atoms with van der Waals surface area (Å²) in [5.41, 5.74) is 5.40. The van der Waals surface area contributed by atoms with Crippen LogP contribution in [-0.2, 0) is 19.1 Å². The quantitative estimate of drug-likeness (QED) is 0.649. The third kappa shape index (κ3) is 3.84. The highest BCUT2D eigenvalue weighted by molar-refractivity contribution is 6.38. The second-order valence-corrected chi connectivity index (χ2v) is 5.95. The van der Waals surface area contributed by atoms with Crippen molar-refractivity contribution in [1.82, 2.24) is 10.2 Å². The Labute approximate surface area is 130 Å². The van der Waals surface area contributed by atoms with Crippen LogP contribution >= 0.6 is 0 Å². The van der Waals surface area contributed by atoms with E-state index in [9.17, 15) is 14.4 Å². The second kappa shape index (κ2) is 7.69. The highest BCUT2D eigenvalue weighted by Crippen LogP contribution is 2.22. The SMILES string of the molecule is CCC(C(=O)C(=O)NC1CCOCC1)N1CCCC1C(N)=O. The molecular formula is C15H25N3O4. The highest BCUT2D eigenvalue weighted by Gasteiger charge is 2.39. The van der Waals surface area contributed by atoms with Gasteiger partial charge < -0.3 is 15.8 Å². The lowest BCUT2D eigenvalue weighted by molar-refractivity contribution is -0.142. The maximum absolute atomic E-state index is 12.5. The van der Waals surface area contributed by atoms with Crippen molar-refractivity contribution in [2.24, 2.45) is 5.73 Å². The van der Waals surface area contributed by atoms with E-state index in [1.165, 1.54) is 0 Å². The molecule has 0 aromatic heterocycles. The van der Waals surface area contributed by atoms with Gasteiger partial charge in [0.2, 0.25) is 11.7 Å². The lowest BCUT2D eigenvalue weighted by atomic mass is 10.0. The van der Waals surface area contributed by atoms with Crippen molar-refractivity contribution in [2.45, 2.75) is 57.2 Å². The molecule has 0 aromatic rings. The number of carbonyl (C=O) groups excluding carboxylic acids is 3. The number of carbonyl (C=O) groups is 3. The summed E-state index contributed by atoms with van der Waals surface area (Å²) < 4.78 is 5.24. The second-order valence-electron chi connectivity index (χ2n) is 5.95. The van der Waals surface area contributed by atoms with Crippen molar-refractivity contribution in [3.8, 4) is 0 Å². The van der Waals surface area contributed by atoms with E-state index < -0.39 is 29.7 Å². The first kappa shape index (κ1) is 16.9. The number of ether oxygens (including phenoxy) is 1. The minimum Gasteiger partial charge on any atom is -0.381 e. The number of primary amides is 1. The fourth-order valence-electron chi connectivity index (χ4n) is 3.29. The number of ketones is 1. The van der Waals surface area contributed by atoms with Gasteiger partial charge in [-0.2, -0.15) is 0 Å². The molecule has 2 amide bonds. The third-order valence-electron chi connectivity index (χ3n) is 4.49. The Balaban J connectivity index is 1.98. The average molecular weight is 311 g/mol. The van der Waals surface area contributed by atoms with E-state index in [2.05, 4.69) is 5.32 Å². The van der Waals surface area contributed by atoms with Gasteiger partial charge in [0, 0.05) is 19.3 Å². The molecular weight excluding hydrogens is 286 g/mol. The number of nitrogens with one attached hydrogen (secondary N) is 1. The maximum Gasteiger partial charge on any atom is 0.289 e. The van der Waals surface area contributed by atoms with Crippen molar-refractivity contribution in [2.75, 3.05) is 19.8 Å². The molecule has 2 aliphatic rings. The lowest BCUT2D eigenvalue weighted by Crippen LogP contribution is -2.53. The van der Waals surface area contributed by atoms with Gasteiger partial charge in [0.1, 0.15) is 0 Å². The number of hydrogen-bond acceptors (Lipinski definition) is 5. The molecule has 2 saturated heterocycles. The molecule has 22 heavy (non-hydrogen) atoms. The Morgan fingerprint density at radius 2 is 1.95 bits per heavy atom. The summed E-state index contributed by atoms with van der Waals surface area (Å²) >= 11 is 0. The normalized spacial score (nSPS) is 24.9. The largest absolute Gasteiger partial charge is 0.381 e. The van der Waals surface area contributed by atoms with Gasteiger partial charge in [-0.15, -0.1) is 0 Å². The van der Waals surface area contributed by atoms with Gasteiger partial charge in [0.05, 0.1) is 12.1 Å². The summed E-state index contributed by atoms with van der Waals surface area (Å²) in [6.45, 7) is 3.68. The standard InChI is InChI=1S/C15H25N3O4/c1-2-11(18-7-3-4-12(18)14(16)20)13(19)15(21)17-10-5-8-22-9-6-10/h10-12H,2-9H2,1H3,(H2,16,20)(H,17,21). The molecule has 0 aliphatic carbocycles. The molecule has 7 heteroatoms. The first-order valence-electron chi connectivity index (χ1n) is 8.02. The van der Waals surface area contributed by atoms with Gasteiger partial charge in [-0.25, -0.2) is 0 Å². The molecule has 124 valence electrons. The van der Waals surface area contributed by atoms with E-state index in [1.54, 1.807) is 4.90 Å². The number of hydrogen-bond donors (Lipinski definition) is 2. The van der Waals surface area contributed by atoms with E-state index in [1.807, 2.05) is 6.92 Å². The molecule has 7 nitrogen and oxygen atoms in total. The molecule has 2 heterocycles. The van der Waals surface area contributed by atoms with E-state index in [4.69, 9.17) is 10.5 Å². The maximum atomic E-state index is 12.5.